The molecule has 2 heterocycles. The SMILES string of the molecule is C#CCCCCCOc1cccc(CNC(=O)c2ccc3ncccc3n2)c1F. The van der Waals surface area contributed by atoms with Gasteiger partial charge in [-0.3, -0.25) is 9.78 Å². The fourth-order valence-electron chi connectivity index (χ4n) is 2.84. The van der Waals surface area contributed by atoms with Crippen molar-refractivity contribution in [2.45, 2.75) is 32.2 Å². The number of pyridine rings is 2. The summed E-state index contributed by atoms with van der Waals surface area (Å²) >= 11 is 0. The zero-order chi connectivity index (χ0) is 20.5. The van der Waals surface area contributed by atoms with Gasteiger partial charge < -0.3 is 10.1 Å². The Hall–Kier alpha value is -3.46. The highest BCUT2D eigenvalue weighted by Gasteiger charge is 2.12. The molecule has 0 spiro atoms. The molecule has 1 aromatic carbocycles. The Labute approximate surface area is 169 Å². The van der Waals surface area contributed by atoms with Crippen molar-refractivity contribution in [1.29, 1.82) is 0 Å². The highest BCUT2D eigenvalue weighted by atomic mass is 19.1. The molecule has 0 aliphatic heterocycles. The van der Waals surface area contributed by atoms with Gasteiger partial charge in [-0.05, 0) is 49.6 Å². The van der Waals surface area contributed by atoms with E-state index in [9.17, 15) is 9.18 Å². The minimum Gasteiger partial charge on any atom is -0.491 e. The molecule has 0 bridgehead atoms. The number of ether oxygens (including phenoxy) is 1. The molecule has 0 saturated heterocycles. The summed E-state index contributed by atoms with van der Waals surface area (Å²) in [6.07, 6.45) is 10.3. The topological polar surface area (TPSA) is 64.1 Å². The van der Waals surface area contributed by atoms with Gasteiger partial charge in [0.25, 0.3) is 5.91 Å². The van der Waals surface area contributed by atoms with E-state index in [1.54, 1.807) is 48.7 Å². The molecular weight excluding hydrogens is 369 g/mol. The summed E-state index contributed by atoms with van der Waals surface area (Å²) < 4.78 is 20.2. The molecular formula is C23H22FN3O2. The summed E-state index contributed by atoms with van der Waals surface area (Å²) in [6, 6.07) is 11.8. The third-order valence-electron chi connectivity index (χ3n) is 4.39. The van der Waals surface area contributed by atoms with Gasteiger partial charge in [-0.25, -0.2) is 9.37 Å². The molecule has 0 aliphatic rings. The number of nitrogens with zero attached hydrogens (tertiary/aromatic N) is 2. The molecule has 5 nitrogen and oxygen atoms in total. The summed E-state index contributed by atoms with van der Waals surface area (Å²) in [7, 11) is 0. The lowest BCUT2D eigenvalue weighted by Gasteiger charge is -2.11. The Morgan fingerprint density at radius 3 is 2.86 bits per heavy atom. The van der Waals surface area contributed by atoms with Gasteiger partial charge in [0.2, 0.25) is 0 Å². The molecule has 0 aliphatic carbocycles. The summed E-state index contributed by atoms with van der Waals surface area (Å²) in [4.78, 5) is 20.9. The Morgan fingerprint density at radius 1 is 1.10 bits per heavy atom. The number of hydrogen-bond acceptors (Lipinski definition) is 4. The predicted octanol–water partition coefficient (Wildman–Crippen LogP) is 4.27. The number of benzene rings is 1. The molecule has 148 valence electrons. The molecule has 1 N–H and O–H groups in total. The molecule has 0 fully saturated rings. The second kappa shape index (κ2) is 10.2. The summed E-state index contributed by atoms with van der Waals surface area (Å²) in [5.74, 6) is 1.93. The smallest absolute Gasteiger partial charge is 0.270 e. The van der Waals surface area contributed by atoms with Crippen LogP contribution in [0.3, 0.4) is 0 Å². The molecule has 2 aromatic heterocycles. The summed E-state index contributed by atoms with van der Waals surface area (Å²) in [5, 5.41) is 2.70. The van der Waals surface area contributed by atoms with E-state index in [2.05, 4.69) is 21.2 Å². The first-order chi connectivity index (χ1) is 14.2. The number of amides is 1. The Bertz CT molecular complexity index is 1030. The standard InChI is InChI=1S/C23H22FN3O2/c1-2-3-4-5-6-15-29-21-11-7-9-17(22(21)24)16-26-23(28)20-13-12-18-19(27-20)10-8-14-25-18/h1,7-14H,3-6,15-16H2,(H,26,28). The van der Waals surface area contributed by atoms with Crippen LogP contribution in [0.4, 0.5) is 4.39 Å². The van der Waals surface area contributed by atoms with Crippen molar-refractivity contribution in [3.8, 4) is 18.1 Å². The number of carbonyl (C=O) groups excluding carboxylic acids is 1. The minimum atomic E-state index is -0.466. The van der Waals surface area contributed by atoms with Crippen LogP contribution in [0.5, 0.6) is 5.75 Å². The number of halogens is 1. The lowest BCUT2D eigenvalue weighted by Crippen LogP contribution is -2.24. The fourth-order valence-corrected chi connectivity index (χ4v) is 2.84. The summed E-state index contributed by atoms with van der Waals surface area (Å²) in [5.41, 5.74) is 1.94. The van der Waals surface area contributed by atoms with E-state index in [1.165, 1.54) is 0 Å². The molecule has 0 saturated carbocycles. The first-order valence-electron chi connectivity index (χ1n) is 9.52. The monoisotopic (exact) mass is 391 g/mol. The number of unbranched alkanes of at least 4 members (excludes halogenated alkanes) is 3. The van der Waals surface area contributed by atoms with Gasteiger partial charge in [0.15, 0.2) is 11.6 Å². The zero-order valence-electron chi connectivity index (χ0n) is 16.0. The van der Waals surface area contributed by atoms with Crippen molar-refractivity contribution in [3.05, 3.63) is 65.7 Å². The molecule has 29 heavy (non-hydrogen) atoms. The Morgan fingerprint density at radius 2 is 2.00 bits per heavy atom. The molecule has 0 atom stereocenters. The second-order valence-corrected chi connectivity index (χ2v) is 6.51. The van der Waals surface area contributed by atoms with Gasteiger partial charge in [0.05, 0.1) is 17.6 Å². The van der Waals surface area contributed by atoms with Crippen molar-refractivity contribution < 1.29 is 13.9 Å². The number of rotatable bonds is 9. The first-order valence-corrected chi connectivity index (χ1v) is 9.52. The highest BCUT2D eigenvalue weighted by Crippen LogP contribution is 2.21. The number of fused-ring (bicyclic) bond motifs is 1. The first kappa shape index (κ1) is 20.3. The quantitative estimate of drug-likeness (QED) is 0.437. The maximum Gasteiger partial charge on any atom is 0.270 e. The molecule has 3 aromatic rings. The number of nitrogens with one attached hydrogen (secondary N) is 1. The van der Waals surface area contributed by atoms with Crippen LogP contribution in [0.1, 0.15) is 41.7 Å². The van der Waals surface area contributed by atoms with Gasteiger partial charge in [0.1, 0.15) is 5.69 Å². The third kappa shape index (κ3) is 5.52. The van der Waals surface area contributed by atoms with Gasteiger partial charge in [-0.1, -0.05) is 12.1 Å². The zero-order valence-corrected chi connectivity index (χ0v) is 16.0. The fraction of sp³-hybridized carbons (Fsp3) is 0.261. The van der Waals surface area contributed by atoms with Crippen LogP contribution in [0, 0.1) is 18.2 Å². The number of carbonyl (C=O) groups is 1. The van der Waals surface area contributed by atoms with Crippen molar-refractivity contribution in [2.75, 3.05) is 6.61 Å². The van der Waals surface area contributed by atoms with Gasteiger partial charge in [-0.2, -0.15) is 0 Å². The number of hydrogen-bond donors (Lipinski definition) is 1. The molecule has 6 heteroatoms. The average Bonchev–Trinajstić information content (AvgIpc) is 2.75. The van der Waals surface area contributed by atoms with Crippen LogP contribution >= 0.6 is 0 Å². The maximum atomic E-state index is 14.6. The van der Waals surface area contributed by atoms with Gasteiger partial charge >= 0.3 is 0 Å². The minimum absolute atomic E-state index is 0.0385. The van der Waals surface area contributed by atoms with E-state index in [1.807, 2.05) is 0 Å². The van der Waals surface area contributed by atoms with E-state index in [4.69, 9.17) is 11.2 Å². The lowest BCUT2D eigenvalue weighted by molar-refractivity contribution is 0.0946. The second-order valence-electron chi connectivity index (χ2n) is 6.51. The van der Waals surface area contributed by atoms with E-state index < -0.39 is 5.82 Å². The largest absolute Gasteiger partial charge is 0.491 e. The van der Waals surface area contributed by atoms with Crippen LogP contribution in [-0.4, -0.2) is 22.5 Å². The van der Waals surface area contributed by atoms with Crippen LogP contribution in [0.25, 0.3) is 11.0 Å². The van der Waals surface area contributed by atoms with Gasteiger partial charge in [-0.15, -0.1) is 12.3 Å². The summed E-state index contributed by atoms with van der Waals surface area (Å²) in [6.45, 7) is 0.461. The van der Waals surface area contributed by atoms with E-state index in [0.717, 1.165) is 25.7 Å². The normalized spacial score (nSPS) is 10.5. The third-order valence-corrected chi connectivity index (χ3v) is 4.39. The van der Waals surface area contributed by atoms with Gasteiger partial charge in [0, 0.05) is 24.7 Å². The average molecular weight is 391 g/mol. The Balaban J connectivity index is 1.57. The van der Waals surface area contributed by atoms with Crippen molar-refractivity contribution in [1.82, 2.24) is 15.3 Å². The Kier molecular flexibility index (Phi) is 7.12. The molecule has 1 amide bonds. The van der Waals surface area contributed by atoms with Crippen molar-refractivity contribution >= 4 is 16.9 Å². The molecule has 0 unspecified atom stereocenters. The molecule has 3 rings (SSSR count). The van der Waals surface area contributed by atoms with Crippen molar-refractivity contribution in [3.63, 3.8) is 0 Å². The lowest BCUT2D eigenvalue weighted by atomic mass is 10.2. The van der Waals surface area contributed by atoms with Crippen LogP contribution < -0.4 is 10.1 Å². The number of aromatic nitrogens is 2. The maximum absolute atomic E-state index is 14.6. The van der Waals surface area contributed by atoms with Crippen LogP contribution in [0.2, 0.25) is 0 Å². The molecule has 0 radical (unpaired) electrons. The van der Waals surface area contributed by atoms with Crippen LogP contribution in [-0.2, 0) is 6.54 Å². The van der Waals surface area contributed by atoms with Crippen molar-refractivity contribution in [2.24, 2.45) is 0 Å². The highest BCUT2D eigenvalue weighted by molar-refractivity contribution is 5.94. The van der Waals surface area contributed by atoms with E-state index in [-0.39, 0.29) is 23.9 Å². The predicted molar refractivity (Wildman–Crippen MR) is 110 cm³/mol. The van der Waals surface area contributed by atoms with E-state index in [0.29, 0.717) is 23.2 Å². The number of terminal acetylenes is 1. The van der Waals surface area contributed by atoms with E-state index >= 15 is 0 Å². The van der Waals surface area contributed by atoms with Crippen LogP contribution in [0.15, 0.2) is 48.7 Å².